The van der Waals surface area contributed by atoms with Crippen molar-refractivity contribution in [2.75, 3.05) is 13.1 Å². The number of rotatable bonds is 3. The largest absolute Gasteiger partial charge is 0.343 e. The van der Waals surface area contributed by atoms with E-state index in [9.17, 15) is 9.59 Å². The van der Waals surface area contributed by atoms with Crippen LogP contribution in [0.2, 0.25) is 0 Å². The van der Waals surface area contributed by atoms with E-state index in [-0.39, 0.29) is 17.5 Å². The maximum Gasteiger partial charge on any atom is 0.343 e. The summed E-state index contributed by atoms with van der Waals surface area (Å²) in [5.74, 6) is 0.733. The predicted octanol–water partition coefficient (Wildman–Crippen LogP) is 1.81. The Morgan fingerprint density at radius 2 is 2.19 bits per heavy atom. The van der Waals surface area contributed by atoms with E-state index in [1.807, 2.05) is 44.0 Å². The Bertz CT molecular complexity index is 1060. The van der Waals surface area contributed by atoms with Gasteiger partial charge in [-0.05, 0) is 38.8 Å². The van der Waals surface area contributed by atoms with Crippen molar-refractivity contribution in [3.63, 3.8) is 0 Å². The molecule has 0 spiro atoms. The van der Waals surface area contributed by atoms with Gasteiger partial charge in [0.1, 0.15) is 5.82 Å². The average molecular weight is 368 g/mol. The number of piperidine rings is 1. The summed E-state index contributed by atoms with van der Waals surface area (Å²) in [6, 6.07) is 6.04. The summed E-state index contributed by atoms with van der Waals surface area (Å²) < 4.78 is 3.41. The molecule has 0 aliphatic carbocycles. The van der Waals surface area contributed by atoms with Crippen LogP contribution in [0.5, 0.6) is 0 Å². The maximum absolute atomic E-state index is 13.2. The number of hydrogen-bond acceptors (Lipinski definition) is 4. The molecule has 142 valence electrons. The first kappa shape index (κ1) is 17.5. The molecule has 1 saturated heterocycles. The standard InChI is InChI=1S/C19H24N6O2/c1-4-25-17(20-21-19(25)27)13-6-5-9-24(11-13)18(26)16-14-10-12(2)7-8-15(14)23(3)22-16/h7-8,10,13H,4-6,9,11H2,1-3H3,(H,21,27)/t13-/m1/s1. The van der Waals surface area contributed by atoms with Gasteiger partial charge in [-0.3, -0.25) is 14.0 Å². The number of fused-ring (bicyclic) bond motifs is 1. The topological polar surface area (TPSA) is 88.8 Å². The number of aromatic amines is 1. The molecule has 1 aliphatic heterocycles. The van der Waals surface area contributed by atoms with Gasteiger partial charge in [-0.1, -0.05) is 11.6 Å². The quantitative estimate of drug-likeness (QED) is 0.763. The van der Waals surface area contributed by atoms with Crippen molar-refractivity contribution in [2.24, 2.45) is 7.05 Å². The summed E-state index contributed by atoms with van der Waals surface area (Å²) in [6.07, 6.45) is 1.79. The number of nitrogens with zero attached hydrogens (tertiary/aromatic N) is 5. The highest BCUT2D eigenvalue weighted by molar-refractivity contribution is 6.05. The number of carbonyl (C=O) groups excluding carboxylic acids is 1. The van der Waals surface area contributed by atoms with E-state index in [0.717, 1.165) is 35.1 Å². The van der Waals surface area contributed by atoms with E-state index in [1.165, 1.54) is 0 Å². The van der Waals surface area contributed by atoms with Crippen molar-refractivity contribution in [3.8, 4) is 0 Å². The highest BCUT2D eigenvalue weighted by atomic mass is 16.2. The second-order valence-corrected chi connectivity index (χ2v) is 7.21. The van der Waals surface area contributed by atoms with Gasteiger partial charge in [0.05, 0.1) is 5.52 Å². The fourth-order valence-corrected chi connectivity index (χ4v) is 4.01. The van der Waals surface area contributed by atoms with Crippen LogP contribution in [-0.4, -0.2) is 48.4 Å². The Labute approximate surface area is 156 Å². The first-order valence-electron chi connectivity index (χ1n) is 9.37. The molecular weight excluding hydrogens is 344 g/mol. The summed E-state index contributed by atoms with van der Waals surface area (Å²) in [7, 11) is 1.86. The van der Waals surface area contributed by atoms with Crippen molar-refractivity contribution in [3.05, 3.63) is 45.8 Å². The SMILES string of the molecule is CCn1c([C@@H]2CCCN(C(=O)c3nn(C)c4ccc(C)cc34)C2)n[nH]c1=O. The first-order chi connectivity index (χ1) is 13.0. The molecule has 3 aromatic rings. The highest BCUT2D eigenvalue weighted by Crippen LogP contribution is 2.27. The summed E-state index contributed by atoms with van der Waals surface area (Å²) in [5.41, 5.74) is 2.35. The number of likely N-dealkylation sites (tertiary alicyclic amines) is 1. The van der Waals surface area contributed by atoms with Crippen LogP contribution in [0.1, 0.15) is 47.6 Å². The van der Waals surface area contributed by atoms with Crippen LogP contribution in [0.15, 0.2) is 23.0 Å². The minimum atomic E-state index is -0.192. The Hall–Kier alpha value is -2.90. The van der Waals surface area contributed by atoms with Gasteiger partial charge in [0.25, 0.3) is 5.91 Å². The molecule has 27 heavy (non-hydrogen) atoms. The van der Waals surface area contributed by atoms with Crippen LogP contribution in [0.25, 0.3) is 10.9 Å². The van der Waals surface area contributed by atoms with Gasteiger partial charge >= 0.3 is 5.69 Å². The van der Waals surface area contributed by atoms with Gasteiger partial charge in [0.15, 0.2) is 5.69 Å². The lowest BCUT2D eigenvalue weighted by Crippen LogP contribution is -2.40. The molecular formula is C19H24N6O2. The molecule has 1 N–H and O–H groups in total. The molecule has 4 rings (SSSR count). The summed E-state index contributed by atoms with van der Waals surface area (Å²) in [5, 5.41) is 12.1. The zero-order valence-corrected chi connectivity index (χ0v) is 15.9. The zero-order valence-electron chi connectivity index (χ0n) is 15.9. The number of aromatic nitrogens is 5. The van der Waals surface area contributed by atoms with Gasteiger partial charge in [-0.25, -0.2) is 9.89 Å². The molecule has 1 fully saturated rings. The average Bonchev–Trinajstić information content (AvgIpc) is 3.20. The number of aryl methyl sites for hydroxylation is 2. The van der Waals surface area contributed by atoms with Crippen LogP contribution in [0, 0.1) is 6.92 Å². The fraction of sp³-hybridized carbons (Fsp3) is 0.474. The number of benzene rings is 1. The lowest BCUT2D eigenvalue weighted by molar-refractivity contribution is 0.0698. The van der Waals surface area contributed by atoms with Crippen molar-refractivity contribution < 1.29 is 4.79 Å². The van der Waals surface area contributed by atoms with Crippen LogP contribution in [-0.2, 0) is 13.6 Å². The molecule has 3 heterocycles. The second kappa shape index (κ2) is 6.68. The molecule has 1 atom stereocenters. The molecule has 1 aromatic carbocycles. The zero-order chi connectivity index (χ0) is 19.1. The van der Waals surface area contributed by atoms with Crippen LogP contribution in [0.4, 0.5) is 0 Å². The summed E-state index contributed by atoms with van der Waals surface area (Å²) >= 11 is 0. The van der Waals surface area contributed by atoms with E-state index in [0.29, 0.717) is 25.3 Å². The van der Waals surface area contributed by atoms with Crippen LogP contribution >= 0.6 is 0 Å². The predicted molar refractivity (Wildman–Crippen MR) is 102 cm³/mol. The third-order valence-corrected chi connectivity index (χ3v) is 5.39. The molecule has 1 amide bonds. The lowest BCUT2D eigenvalue weighted by Gasteiger charge is -2.31. The lowest BCUT2D eigenvalue weighted by atomic mass is 9.96. The monoisotopic (exact) mass is 368 g/mol. The molecule has 0 radical (unpaired) electrons. The first-order valence-corrected chi connectivity index (χ1v) is 9.37. The van der Waals surface area contributed by atoms with Crippen molar-refractivity contribution in [1.29, 1.82) is 0 Å². The molecule has 8 nitrogen and oxygen atoms in total. The minimum Gasteiger partial charge on any atom is -0.337 e. The Morgan fingerprint density at radius 3 is 2.96 bits per heavy atom. The normalized spacial score (nSPS) is 17.6. The second-order valence-electron chi connectivity index (χ2n) is 7.21. The Morgan fingerprint density at radius 1 is 1.37 bits per heavy atom. The van der Waals surface area contributed by atoms with Crippen LogP contribution in [0.3, 0.4) is 0 Å². The van der Waals surface area contributed by atoms with E-state index in [4.69, 9.17) is 0 Å². The van der Waals surface area contributed by atoms with Gasteiger partial charge in [0, 0.05) is 38.0 Å². The molecule has 1 aliphatic rings. The van der Waals surface area contributed by atoms with E-state index >= 15 is 0 Å². The van der Waals surface area contributed by atoms with Crippen molar-refractivity contribution in [1.82, 2.24) is 29.4 Å². The molecule has 0 saturated carbocycles. The molecule has 0 unspecified atom stereocenters. The number of hydrogen-bond donors (Lipinski definition) is 1. The highest BCUT2D eigenvalue weighted by Gasteiger charge is 2.30. The molecule has 8 heteroatoms. The number of H-pyrrole nitrogens is 1. The third-order valence-electron chi connectivity index (χ3n) is 5.39. The van der Waals surface area contributed by atoms with Crippen molar-refractivity contribution >= 4 is 16.8 Å². The smallest absolute Gasteiger partial charge is 0.337 e. The summed E-state index contributed by atoms with van der Waals surface area (Å²) in [6.45, 7) is 5.75. The number of nitrogens with one attached hydrogen (secondary N) is 1. The third kappa shape index (κ3) is 2.94. The summed E-state index contributed by atoms with van der Waals surface area (Å²) in [4.78, 5) is 27.0. The molecule has 0 bridgehead atoms. The minimum absolute atomic E-state index is 0.0540. The Balaban J connectivity index is 1.65. The number of carbonyl (C=O) groups is 1. The fourth-order valence-electron chi connectivity index (χ4n) is 4.01. The van der Waals surface area contributed by atoms with Crippen molar-refractivity contribution in [2.45, 2.75) is 39.2 Å². The maximum atomic E-state index is 13.2. The van der Waals surface area contributed by atoms with E-state index in [1.54, 1.807) is 9.25 Å². The van der Waals surface area contributed by atoms with E-state index in [2.05, 4.69) is 15.3 Å². The van der Waals surface area contributed by atoms with Crippen LogP contribution < -0.4 is 5.69 Å². The van der Waals surface area contributed by atoms with E-state index < -0.39 is 0 Å². The van der Waals surface area contributed by atoms with Gasteiger partial charge in [-0.15, -0.1) is 0 Å². The molecule has 2 aromatic heterocycles. The van der Waals surface area contributed by atoms with Gasteiger partial charge < -0.3 is 4.90 Å². The van der Waals surface area contributed by atoms with Gasteiger partial charge in [-0.2, -0.15) is 10.2 Å². The van der Waals surface area contributed by atoms with Gasteiger partial charge in [0.2, 0.25) is 0 Å². The number of amides is 1. The Kier molecular flexibility index (Phi) is 4.33.